The van der Waals surface area contributed by atoms with Crippen molar-refractivity contribution in [2.75, 3.05) is 17.9 Å². The fourth-order valence-electron chi connectivity index (χ4n) is 2.04. The molecule has 0 radical (unpaired) electrons. The molecule has 1 heterocycles. The molecule has 6 heteroatoms. The van der Waals surface area contributed by atoms with Crippen LogP contribution in [0.15, 0.2) is 46.9 Å². The Balaban J connectivity index is 1.49. The van der Waals surface area contributed by atoms with Gasteiger partial charge >= 0.3 is 0 Å². The number of benzene rings is 2. The Labute approximate surface area is 141 Å². The number of nitrogens with one attached hydrogen (secondary N) is 1. The summed E-state index contributed by atoms with van der Waals surface area (Å²) >= 11 is 5.08. The molecule has 0 unspecified atom stereocenters. The maximum atomic E-state index is 12.0. The van der Waals surface area contributed by atoms with E-state index in [1.807, 2.05) is 30.3 Å². The Morgan fingerprint density at radius 3 is 2.86 bits per heavy atom. The second-order valence-corrected chi connectivity index (χ2v) is 6.54. The Bertz CT molecular complexity index is 693. The van der Waals surface area contributed by atoms with Gasteiger partial charge in [0.2, 0.25) is 12.7 Å². The van der Waals surface area contributed by atoms with Crippen LogP contribution in [0.4, 0.5) is 5.69 Å². The number of carbonyl (C=O) groups excluding carboxylic acids is 1. The van der Waals surface area contributed by atoms with Gasteiger partial charge in [-0.25, -0.2) is 0 Å². The van der Waals surface area contributed by atoms with Crippen LogP contribution in [0.1, 0.15) is 5.56 Å². The number of hydrogen-bond donors (Lipinski definition) is 1. The van der Waals surface area contributed by atoms with Crippen LogP contribution in [-0.2, 0) is 10.5 Å². The van der Waals surface area contributed by atoms with Gasteiger partial charge in [-0.05, 0) is 23.8 Å². The maximum absolute atomic E-state index is 12.0. The first-order valence-corrected chi connectivity index (χ1v) is 8.68. The largest absolute Gasteiger partial charge is 0.454 e. The van der Waals surface area contributed by atoms with Crippen molar-refractivity contribution >= 4 is 39.3 Å². The Morgan fingerprint density at radius 1 is 1.18 bits per heavy atom. The van der Waals surface area contributed by atoms with Crippen molar-refractivity contribution in [2.45, 2.75) is 5.75 Å². The lowest BCUT2D eigenvalue weighted by molar-refractivity contribution is -0.113. The number of halogens is 1. The molecule has 2 aromatic carbocycles. The number of anilines is 1. The molecule has 22 heavy (non-hydrogen) atoms. The molecular formula is C16H14BrNO3S. The fourth-order valence-corrected chi connectivity index (χ4v) is 3.48. The summed E-state index contributed by atoms with van der Waals surface area (Å²) in [6.07, 6.45) is 0. The van der Waals surface area contributed by atoms with Gasteiger partial charge in [0.05, 0.1) is 5.75 Å². The van der Waals surface area contributed by atoms with Crippen LogP contribution in [0, 0.1) is 0 Å². The number of hydrogen-bond acceptors (Lipinski definition) is 4. The summed E-state index contributed by atoms with van der Waals surface area (Å²) in [7, 11) is 0. The molecule has 1 aliphatic rings. The highest BCUT2D eigenvalue weighted by Gasteiger charge is 2.14. The zero-order valence-electron chi connectivity index (χ0n) is 11.7. The average molecular weight is 380 g/mol. The number of thioether (sulfide) groups is 1. The lowest BCUT2D eigenvalue weighted by atomic mass is 10.2. The molecule has 1 amide bonds. The van der Waals surface area contributed by atoms with Crippen molar-refractivity contribution in [3.05, 3.63) is 52.5 Å². The molecule has 0 saturated carbocycles. The van der Waals surface area contributed by atoms with Crippen LogP contribution in [0.3, 0.4) is 0 Å². The average Bonchev–Trinajstić information content (AvgIpc) is 2.97. The molecule has 1 N–H and O–H groups in total. The zero-order chi connectivity index (χ0) is 15.4. The topological polar surface area (TPSA) is 47.6 Å². The van der Waals surface area contributed by atoms with E-state index in [0.717, 1.165) is 15.9 Å². The number of amides is 1. The Hall–Kier alpha value is -1.66. The first-order valence-electron chi connectivity index (χ1n) is 6.73. The Morgan fingerprint density at radius 2 is 2.00 bits per heavy atom. The molecule has 2 aromatic rings. The van der Waals surface area contributed by atoms with Gasteiger partial charge in [0, 0.05) is 22.0 Å². The van der Waals surface area contributed by atoms with Gasteiger partial charge < -0.3 is 14.8 Å². The number of carbonyl (C=O) groups is 1. The quantitative estimate of drug-likeness (QED) is 0.850. The van der Waals surface area contributed by atoms with Crippen LogP contribution in [0.5, 0.6) is 11.5 Å². The van der Waals surface area contributed by atoms with Crippen LogP contribution in [0.25, 0.3) is 0 Å². The monoisotopic (exact) mass is 379 g/mol. The molecule has 1 aliphatic heterocycles. The number of rotatable bonds is 5. The van der Waals surface area contributed by atoms with Crippen molar-refractivity contribution in [3.63, 3.8) is 0 Å². The summed E-state index contributed by atoms with van der Waals surface area (Å²) in [5, 5.41) is 2.87. The molecule has 0 saturated heterocycles. The third-order valence-electron chi connectivity index (χ3n) is 3.10. The SMILES string of the molecule is O=C(CSCc1ccccc1Br)Nc1ccc2c(c1)OCO2. The normalized spacial score (nSPS) is 12.2. The molecule has 0 fully saturated rings. The standard InChI is InChI=1S/C16H14BrNO3S/c17-13-4-2-1-3-11(13)8-22-9-16(19)18-12-5-6-14-15(7-12)21-10-20-14/h1-7H,8-10H2,(H,18,19). The molecule has 0 aromatic heterocycles. The maximum Gasteiger partial charge on any atom is 0.234 e. The minimum Gasteiger partial charge on any atom is -0.454 e. The van der Waals surface area contributed by atoms with Gasteiger partial charge in [-0.1, -0.05) is 34.1 Å². The molecule has 0 bridgehead atoms. The van der Waals surface area contributed by atoms with E-state index in [9.17, 15) is 4.79 Å². The highest BCUT2D eigenvalue weighted by Crippen LogP contribution is 2.34. The van der Waals surface area contributed by atoms with E-state index in [4.69, 9.17) is 9.47 Å². The molecule has 0 atom stereocenters. The van der Waals surface area contributed by atoms with E-state index < -0.39 is 0 Å². The summed E-state index contributed by atoms with van der Waals surface area (Å²) < 4.78 is 11.6. The van der Waals surface area contributed by atoms with Crippen molar-refractivity contribution in [2.24, 2.45) is 0 Å². The van der Waals surface area contributed by atoms with Gasteiger partial charge in [-0.15, -0.1) is 11.8 Å². The summed E-state index contributed by atoms with van der Waals surface area (Å²) in [6.45, 7) is 0.231. The summed E-state index contributed by atoms with van der Waals surface area (Å²) in [5.41, 5.74) is 1.90. The molecule has 0 aliphatic carbocycles. The van der Waals surface area contributed by atoms with Crippen LogP contribution in [-0.4, -0.2) is 18.5 Å². The first kappa shape index (κ1) is 15.2. The lowest BCUT2D eigenvalue weighted by Crippen LogP contribution is -2.14. The summed E-state index contributed by atoms with van der Waals surface area (Å²) in [5.74, 6) is 2.53. The van der Waals surface area contributed by atoms with E-state index in [1.165, 1.54) is 5.56 Å². The van der Waals surface area contributed by atoms with E-state index in [2.05, 4.69) is 21.2 Å². The van der Waals surface area contributed by atoms with E-state index in [-0.39, 0.29) is 12.7 Å². The van der Waals surface area contributed by atoms with Gasteiger partial charge in [0.25, 0.3) is 0 Å². The third kappa shape index (κ3) is 3.75. The molecule has 0 spiro atoms. The van der Waals surface area contributed by atoms with Crippen molar-refractivity contribution in [3.8, 4) is 11.5 Å². The van der Waals surface area contributed by atoms with Gasteiger partial charge in [-0.2, -0.15) is 0 Å². The third-order valence-corrected chi connectivity index (χ3v) is 4.86. The fraction of sp³-hybridized carbons (Fsp3) is 0.188. The minimum atomic E-state index is -0.0316. The highest BCUT2D eigenvalue weighted by molar-refractivity contribution is 9.10. The van der Waals surface area contributed by atoms with Gasteiger partial charge in [-0.3, -0.25) is 4.79 Å². The summed E-state index contributed by atoms with van der Waals surface area (Å²) in [6, 6.07) is 13.4. The van der Waals surface area contributed by atoms with Crippen LogP contribution in [0.2, 0.25) is 0 Å². The predicted octanol–water partition coefficient (Wildman–Crippen LogP) is 4.05. The van der Waals surface area contributed by atoms with Gasteiger partial charge in [0.15, 0.2) is 11.5 Å². The van der Waals surface area contributed by atoms with Gasteiger partial charge in [0.1, 0.15) is 0 Å². The molecule has 114 valence electrons. The van der Waals surface area contributed by atoms with Crippen LogP contribution < -0.4 is 14.8 Å². The van der Waals surface area contributed by atoms with Crippen LogP contribution >= 0.6 is 27.7 Å². The smallest absolute Gasteiger partial charge is 0.234 e. The second kappa shape index (κ2) is 7.07. The minimum absolute atomic E-state index is 0.0316. The molecule has 3 rings (SSSR count). The number of fused-ring (bicyclic) bond motifs is 1. The van der Waals surface area contributed by atoms with Crippen molar-refractivity contribution in [1.29, 1.82) is 0 Å². The zero-order valence-corrected chi connectivity index (χ0v) is 14.1. The highest BCUT2D eigenvalue weighted by atomic mass is 79.9. The van der Waals surface area contributed by atoms with E-state index >= 15 is 0 Å². The van der Waals surface area contributed by atoms with E-state index in [0.29, 0.717) is 17.3 Å². The second-order valence-electron chi connectivity index (χ2n) is 4.70. The van der Waals surface area contributed by atoms with E-state index in [1.54, 1.807) is 23.9 Å². The number of ether oxygens (including phenoxy) is 2. The van der Waals surface area contributed by atoms with Crippen molar-refractivity contribution < 1.29 is 14.3 Å². The summed E-state index contributed by atoms with van der Waals surface area (Å²) in [4.78, 5) is 12.0. The molecular weight excluding hydrogens is 366 g/mol. The van der Waals surface area contributed by atoms with Crippen molar-refractivity contribution in [1.82, 2.24) is 0 Å². The Kier molecular flexibility index (Phi) is 4.90. The lowest BCUT2D eigenvalue weighted by Gasteiger charge is -2.07. The predicted molar refractivity (Wildman–Crippen MR) is 91.5 cm³/mol. The first-order chi connectivity index (χ1) is 10.7. The molecule has 4 nitrogen and oxygen atoms in total.